The molecule has 0 aromatic heterocycles. The van der Waals surface area contributed by atoms with Gasteiger partial charge in [-0.1, -0.05) is 18.2 Å². The molecule has 1 aromatic rings. The molecule has 1 N–H and O–H groups in total. The number of carboxylic acids is 1. The van der Waals surface area contributed by atoms with Crippen LogP contribution in [0.4, 0.5) is 5.69 Å². The van der Waals surface area contributed by atoms with Crippen LogP contribution in [0.2, 0.25) is 0 Å². The van der Waals surface area contributed by atoms with E-state index in [0.717, 1.165) is 24.9 Å². The van der Waals surface area contributed by atoms with Crippen LogP contribution in [-0.4, -0.2) is 47.1 Å². The van der Waals surface area contributed by atoms with Crippen LogP contribution in [0.5, 0.6) is 0 Å². The number of benzene rings is 1. The highest BCUT2D eigenvalue weighted by Crippen LogP contribution is 2.38. The first kappa shape index (κ1) is 13.9. The average molecular weight is 288 g/mol. The van der Waals surface area contributed by atoms with Crippen LogP contribution in [0.1, 0.15) is 25.7 Å². The predicted molar refractivity (Wildman–Crippen MR) is 79.2 cm³/mol. The molecular formula is C16H20N2O3. The molecule has 21 heavy (non-hydrogen) atoms. The Balaban J connectivity index is 1.77. The minimum absolute atomic E-state index is 0.127. The van der Waals surface area contributed by atoms with E-state index in [1.807, 2.05) is 30.3 Å². The molecule has 0 spiro atoms. The lowest BCUT2D eigenvalue weighted by molar-refractivity contribution is -0.157. The molecule has 1 saturated heterocycles. The summed E-state index contributed by atoms with van der Waals surface area (Å²) in [6, 6.07) is 10.1. The minimum Gasteiger partial charge on any atom is -0.479 e. The number of carbonyl (C=O) groups is 2. The summed E-state index contributed by atoms with van der Waals surface area (Å²) in [6.07, 6.45) is 3.55. The largest absolute Gasteiger partial charge is 0.479 e. The Morgan fingerprint density at radius 2 is 1.86 bits per heavy atom. The average Bonchev–Trinajstić information content (AvgIpc) is 3.34. The van der Waals surface area contributed by atoms with Gasteiger partial charge in [0.25, 0.3) is 0 Å². The van der Waals surface area contributed by atoms with Crippen LogP contribution in [0, 0.1) is 0 Å². The number of carbonyl (C=O) groups excluding carboxylic acids is 1. The van der Waals surface area contributed by atoms with Gasteiger partial charge < -0.3 is 14.9 Å². The van der Waals surface area contributed by atoms with Gasteiger partial charge in [-0.25, -0.2) is 4.79 Å². The van der Waals surface area contributed by atoms with Crippen molar-refractivity contribution in [3.8, 4) is 0 Å². The quantitative estimate of drug-likeness (QED) is 0.838. The van der Waals surface area contributed by atoms with Crippen LogP contribution in [0.15, 0.2) is 30.3 Å². The molecule has 2 fully saturated rings. The number of amides is 1. The van der Waals surface area contributed by atoms with Crippen molar-refractivity contribution in [2.24, 2.45) is 0 Å². The van der Waals surface area contributed by atoms with Gasteiger partial charge in [0.05, 0.1) is 0 Å². The van der Waals surface area contributed by atoms with Crippen molar-refractivity contribution in [1.82, 2.24) is 4.90 Å². The number of para-hydroxylation sites is 1. The number of hydrogen-bond acceptors (Lipinski definition) is 3. The van der Waals surface area contributed by atoms with Gasteiger partial charge in [0.2, 0.25) is 6.41 Å². The molecule has 5 nitrogen and oxygen atoms in total. The molecule has 1 amide bonds. The third kappa shape index (κ3) is 2.48. The molecule has 0 bridgehead atoms. The van der Waals surface area contributed by atoms with Gasteiger partial charge in [-0.05, 0) is 37.8 Å². The van der Waals surface area contributed by atoms with Crippen LogP contribution in [0.3, 0.4) is 0 Å². The van der Waals surface area contributed by atoms with Gasteiger partial charge in [-0.2, -0.15) is 0 Å². The summed E-state index contributed by atoms with van der Waals surface area (Å²) < 4.78 is 0. The fourth-order valence-electron chi connectivity index (χ4n) is 3.25. The first-order valence-corrected chi connectivity index (χ1v) is 7.44. The van der Waals surface area contributed by atoms with Gasteiger partial charge >= 0.3 is 5.97 Å². The van der Waals surface area contributed by atoms with Crippen molar-refractivity contribution in [3.05, 3.63) is 30.3 Å². The number of rotatable bonds is 5. The summed E-state index contributed by atoms with van der Waals surface area (Å²) in [5.41, 5.74) is 0.0920. The highest BCUT2D eigenvalue weighted by molar-refractivity contribution is 5.82. The fraction of sp³-hybridized carbons (Fsp3) is 0.500. The van der Waals surface area contributed by atoms with E-state index in [0.29, 0.717) is 25.9 Å². The Morgan fingerprint density at radius 1 is 1.24 bits per heavy atom. The molecule has 1 saturated carbocycles. The molecule has 1 aliphatic carbocycles. The fourth-order valence-corrected chi connectivity index (χ4v) is 3.25. The van der Waals surface area contributed by atoms with E-state index in [-0.39, 0.29) is 6.04 Å². The van der Waals surface area contributed by atoms with Gasteiger partial charge in [0.15, 0.2) is 0 Å². The molecule has 1 aliphatic heterocycles. The predicted octanol–water partition coefficient (Wildman–Crippen LogP) is 1.73. The molecule has 0 unspecified atom stereocenters. The lowest BCUT2D eigenvalue weighted by Crippen LogP contribution is -2.60. The second kappa shape index (κ2) is 5.39. The Labute approximate surface area is 124 Å². The highest BCUT2D eigenvalue weighted by Gasteiger charge is 2.50. The van der Waals surface area contributed by atoms with Crippen molar-refractivity contribution in [3.63, 3.8) is 0 Å². The molecule has 0 atom stereocenters. The lowest BCUT2D eigenvalue weighted by atomic mass is 9.85. The number of hydrogen-bond donors (Lipinski definition) is 1. The Hall–Kier alpha value is -2.04. The molecule has 1 heterocycles. The Kier molecular flexibility index (Phi) is 3.57. The van der Waals surface area contributed by atoms with E-state index < -0.39 is 11.5 Å². The van der Waals surface area contributed by atoms with Gasteiger partial charge in [0, 0.05) is 24.8 Å². The summed E-state index contributed by atoms with van der Waals surface area (Å²) in [7, 11) is 0. The first-order chi connectivity index (χ1) is 10.2. The van der Waals surface area contributed by atoms with E-state index in [9.17, 15) is 14.7 Å². The van der Waals surface area contributed by atoms with E-state index in [2.05, 4.69) is 4.90 Å². The number of carboxylic acid groups (broad SMARTS) is 1. The van der Waals surface area contributed by atoms with E-state index in [1.165, 1.54) is 0 Å². The SMILES string of the molecule is O=CN(C1CC1)C1(C(=O)O)CCN(c2ccccc2)CC1. The monoisotopic (exact) mass is 288 g/mol. The third-order valence-electron chi connectivity index (χ3n) is 4.66. The molecule has 3 rings (SSSR count). The zero-order valence-electron chi connectivity index (χ0n) is 11.9. The molecule has 5 heteroatoms. The second-order valence-electron chi connectivity index (χ2n) is 5.90. The Bertz CT molecular complexity index is 520. The smallest absolute Gasteiger partial charge is 0.329 e. The minimum atomic E-state index is -1.02. The molecule has 2 aliphatic rings. The lowest BCUT2D eigenvalue weighted by Gasteiger charge is -2.45. The van der Waals surface area contributed by atoms with Gasteiger partial charge in [0.1, 0.15) is 5.54 Å². The number of nitrogens with zero attached hydrogens (tertiary/aromatic N) is 2. The maximum atomic E-state index is 11.8. The number of anilines is 1. The van der Waals surface area contributed by atoms with Crippen molar-refractivity contribution >= 4 is 18.1 Å². The summed E-state index contributed by atoms with van der Waals surface area (Å²) in [4.78, 5) is 27.0. The van der Waals surface area contributed by atoms with Gasteiger partial charge in [-0.3, -0.25) is 4.79 Å². The first-order valence-electron chi connectivity index (χ1n) is 7.44. The van der Waals surface area contributed by atoms with Crippen molar-refractivity contribution in [1.29, 1.82) is 0 Å². The summed E-state index contributed by atoms with van der Waals surface area (Å²) in [5, 5.41) is 9.70. The van der Waals surface area contributed by atoms with E-state index in [1.54, 1.807) is 4.90 Å². The van der Waals surface area contributed by atoms with Crippen molar-refractivity contribution < 1.29 is 14.7 Å². The summed E-state index contributed by atoms with van der Waals surface area (Å²) >= 11 is 0. The van der Waals surface area contributed by atoms with E-state index in [4.69, 9.17) is 0 Å². The summed E-state index contributed by atoms with van der Waals surface area (Å²) in [6.45, 7) is 1.32. The summed E-state index contributed by atoms with van der Waals surface area (Å²) in [5.74, 6) is -0.866. The normalized spacial score (nSPS) is 20.9. The highest BCUT2D eigenvalue weighted by atomic mass is 16.4. The van der Waals surface area contributed by atoms with E-state index >= 15 is 0 Å². The van der Waals surface area contributed by atoms with Crippen LogP contribution in [-0.2, 0) is 9.59 Å². The molecule has 112 valence electrons. The van der Waals surface area contributed by atoms with Crippen molar-refractivity contribution in [2.75, 3.05) is 18.0 Å². The topological polar surface area (TPSA) is 60.9 Å². The second-order valence-corrected chi connectivity index (χ2v) is 5.90. The Morgan fingerprint density at radius 3 is 2.33 bits per heavy atom. The number of aliphatic carboxylic acids is 1. The molecule has 1 aromatic carbocycles. The van der Waals surface area contributed by atoms with Crippen LogP contribution < -0.4 is 4.90 Å². The maximum Gasteiger partial charge on any atom is 0.329 e. The van der Waals surface area contributed by atoms with Crippen molar-refractivity contribution in [2.45, 2.75) is 37.3 Å². The third-order valence-corrected chi connectivity index (χ3v) is 4.66. The zero-order valence-corrected chi connectivity index (χ0v) is 11.9. The maximum absolute atomic E-state index is 11.8. The number of piperidine rings is 1. The molecular weight excluding hydrogens is 268 g/mol. The van der Waals surface area contributed by atoms with Crippen LogP contribution in [0.25, 0.3) is 0 Å². The zero-order chi connectivity index (χ0) is 14.9. The standard InChI is InChI=1S/C16H20N2O3/c19-12-18(14-6-7-14)16(15(20)21)8-10-17(11-9-16)13-4-2-1-3-5-13/h1-5,12,14H,6-11H2,(H,20,21). The van der Waals surface area contributed by atoms with Gasteiger partial charge in [-0.15, -0.1) is 0 Å². The van der Waals surface area contributed by atoms with Crippen LogP contribution >= 0.6 is 0 Å². The molecule has 0 radical (unpaired) electrons.